The van der Waals surface area contributed by atoms with Crippen molar-refractivity contribution >= 4 is 18.7 Å². The molecular weight excluding hydrogens is 285 g/mol. The Morgan fingerprint density at radius 3 is 1.00 bits per heavy atom. The fourth-order valence-corrected chi connectivity index (χ4v) is 2.11. The molecule has 0 aliphatic carbocycles. The molecule has 0 fully saturated rings. The molecule has 0 aromatic carbocycles. The molecule has 0 aliphatic rings. The van der Waals surface area contributed by atoms with Gasteiger partial charge in [-0.05, 0) is 29.1 Å². The molecule has 104 valence electrons. The van der Waals surface area contributed by atoms with Crippen LogP contribution in [0, 0.1) is 0 Å². The van der Waals surface area contributed by atoms with Gasteiger partial charge in [-0.2, -0.15) is 0 Å². The monoisotopic (exact) mass is 300 g/mol. The molecule has 0 spiro atoms. The summed E-state index contributed by atoms with van der Waals surface area (Å²) in [6, 6.07) is 0. The first kappa shape index (κ1) is 18.9. The molecule has 0 N–H and O–H groups in total. The maximum atomic E-state index is 9.87. The summed E-state index contributed by atoms with van der Waals surface area (Å²) in [6.07, 6.45) is 5.91. The minimum atomic E-state index is -10.7. The Balaban J connectivity index is 0. The summed E-state index contributed by atoms with van der Waals surface area (Å²) in [5.41, 5.74) is 0. The normalized spacial score (nSPS) is 15.0. The van der Waals surface area contributed by atoms with E-state index in [9.17, 15) is 25.2 Å². The zero-order chi connectivity index (χ0) is 14.2. The summed E-state index contributed by atoms with van der Waals surface area (Å²) in [5, 5.41) is 0. The van der Waals surface area contributed by atoms with E-state index in [-0.39, 0.29) is 0 Å². The van der Waals surface area contributed by atoms with Crippen LogP contribution in [0.3, 0.4) is 0 Å². The molecular formula is C9H15F6PS. The van der Waals surface area contributed by atoms with Crippen LogP contribution in [0.4, 0.5) is 25.2 Å². The summed E-state index contributed by atoms with van der Waals surface area (Å²) in [5.74, 6) is 3.29. The van der Waals surface area contributed by atoms with E-state index in [2.05, 4.69) is 19.7 Å². The molecule has 0 unspecified atom stereocenters. The molecule has 0 saturated carbocycles. The van der Waals surface area contributed by atoms with E-state index < -0.39 is 7.81 Å². The number of halogens is 6. The van der Waals surface area contributed by atoms with Crippen molar-refractivity contribution in [3.05, 3.63) is 38.0 Å². The second kappa shape index (κ2) is 5.96. The van der Waals surface area contributed by atoms with Crippen molar-refractivity contribution in [2.45, 2.75) is 0 Å². The Labute approximate surface area is 99.7 Å². The molecule has 0 amide bonds. The van der Waals surface area contributed by atoms with Crippen LogP contribution in [0.25, 0.3) is 0 Å². The zero-order valence-corrected chi connectivity index (χ0v) is 10.8. The van der Waals surface area contributed by atoms with E-state index in [1.807, 2.05) is 18.2 Å². The van der Waals surface area contributed by atoms with Gasteiger partial charge in [0.05, 0.1) is 0 Å². The Kier molecular flexibility index (Phi) is 6.63. The van der Waals surface area contributed by atoms with Crippen LogP contribution in [0.5, 0.6) is 0 Å². The third-order valence-corrected chi connectivity index (χ3v) is 3.18. The molecule has 0 aliphatic heterocycles. The van der Waals surface area contributed by atoms with Gasteiger partial charge in [0.15, 0.2) is 0 Å². The first-order valence-corrected chi connectivity index (χ1v) is 8.09. The minimum absolute atomic E-state index is 0.421. The van der Waals surface area contributed by atoms with E-state index in [1.54, 1.807) is 0 Å². The molecule has 0 rings (SSSR count). The Hall–Kier alpha value is -0.420. The van der Waals surface area contributed by atoms with Gasteiger partial charge in [-0.3, -0.25) is 0 Å². The molecule has 0 aromatic heterocycles. The number of hydrogen-bond donors (Lipinski definition) is 0. The molecule has 0 heterocycles. The summed E-state index contributed by atoms with van der Waals surface area (Å²) >= 11 is 0. The predicted octanol–water partition coefficient (Wildman–Crippen LogP) is 5.55. The van der Waals surface area contributed by atoms with Gasteiger partial charge in [0.25, 0.3) is 0 Å². The van der Waals surface area contributed by atoms with Crippen LogP contribution in [0.1, 0.15) is 0 Å². The van der Waals surface area contributed by atoms with E-state index >= 15 is 0 Å². The van der Waals surface area contributed by atoms with Crippen LogP contribution in [-0.2, 0) is 10.9 Å². The molecule has 0 radical (unpaired) electrons. The first-order valence-electron chi connectivity index (χ1n) is 4.33. The average Bonchev–Trinajstić information content (AvgIpc) is 1.99. The van der Waals surface area contributed by atoms with E-state index in [4.69, 9.17) is 0 Å². The van der Waals surface area contributed by atoms with Gasteiger partial charge in [0, 0.05) is 0 Å². The van der Waals surface area contributed by atoms with Crippen LogP contribution < -0.4 is 0 Å². The van der Waals surface area contributed by atoms with Gasteiger partial charge in [0.2, 0.25) is 0 Å². The van der Waals surface area contributed by atoms with Crippen molar-refractivity contribution in [2.24, 2.45) is 0 Å². The third kappa shape index (κ3) is 39.0. The molecule has 8 heteroatoms. The molecule has 0 aromatic rings. The van der Waals surface area contributed by atoms with Gasteiger partial charge in [-0.15, -0.1) is 0 Å². The van der Waals surface area contributed by atoms with Gasteiger partial charge in [-0.25, -0.2) is 0 Å². The maximum absolute atomic E-state index is 10.7. The van der Waals surface area contributed by atoms with E-state index in [0.29, 0.717) is 10.9 Å². The van der Waals surface area contributed by atoms with Crippen molar-refractivity contribution in [2.75, 3.05) is 17.3 Å². The summed E-state index contributed by atoms with van der Waals surface area (Å²) < 4.78 is 59.2. The molecule has 0 saturated heterocycles. The van der Waals surface area contributed by atoms with Crippen molar-refractivity contribution in [1.29, 1.82) is 0 Å². The standard InChI is InChI=1S/C9H15S.F6P/c1-4-7-10(8-5-2)9-6-3;1-7(2,3,4,5)6/h4-6H,1-3,7-9H2;/q+1;-1. The fraction of sp³-hybridized carbons (Fsp3) is 0.333. The van der Waals surface area contributed by atoms with Crippen molar-refractivity contribution < 1.29 is 25.2 Å². The van der Waals surface area contributed by atoms with Crippen LogP contribution in [-0.4, -0.2) is 17.3 Å². The Bertz CT molecular complexity index is 231. The molecule has 0 nitrogen and oxygen atoms in total. The Morgan fingerprint density at radius 2 is 0.882 bits per heavy atom. The second-order valence-corrected chi connectivity index (χ2v) is 7.08. The summed E-state index contributed by atoms with van der Waals surface area (Å²) in [4.78, 5) is 0. The fourth-order valence-electron chi connectivity index (χ4n) is 0.704. The first-order chi connectivity index (χ1) is 7.30. The van der Waals surface area contributed by atoms with Gasteiger partial charge < -0.3 is 0 Å². The van der Waals surface area contributed by atoms with Crippen LogP contribution in [0.2, 0.25) is 0 Å². The van der Waals surface area contributed by atoms with Crippen LogP contribution >= 0.6 is 7.81 Å². The third-order valence-electron chi connectivity index (χ3n) is 1.06. The molecule has 0 atom stereocenters. The predicted molar refractivity (Wildman–Crippen MR) is 66.1 cm³/mol. The molecule has 17 heavy (non-hydrogen) atoms. The van der Waals surface area contributed by atoms with E-state index in [0.717, 1.165) is 17.3 Å². The van der Waals surface area contributed by atoms with Crippen molar-refractivity contribution in [3.8, 4) is 0 Å². The van der Waals surface area contributed by atoms with Gasteiger partial charge >= 0.3 is 33.0 Å². The molecule has 0 bridgehead atoms. The van der Waals surface area contributed by atoms with E-state index in [1.165, 1.54) is 0 Å². The zero-order valence-electron chi connectivity index (χ0n) is 9.10. The topological polar surface area (TPSA) is 0 Å². The quantitative estimate of drug-likeness (QED) is 0.261. The van der Waals surface area contributed by atoms with Crippen LogP contribution in [0.15, 0.2) is 38.0 Å². The number of hydrogen-bond acceptors (Lipinski definition) is 0. The SMILES string of the molecule is C=CC[S+](CC=C)CC=C.F[P-](F)(F)(F)(F)F. The van der Waals surface area contributed by atoms with Crippen molar-refractivity contribution in [3.63, 3.8) is 0 Å². The second-order valence-electron chi connectivity index (χ2n) is 2.94. The summed E-state index contributed by atoms with van der Waals surface area (Å²) in [7, 11) is -10.2. The number of rotatable bonds is 6. The van der Waals surface area contributed by atoms with Crippen molar-refractivity contribution in [1.82, 2.24) is 0 Å². The average molecular weight is 300 g/mol. The Morgan fingerprint density at radius 1 is 0.706 bits per heavy atom. The summed E-state index contributed by atoms with van der Waals surface area (Å²) in [6.45, 7) is 11.1. The van der Waals surface area contributed by atoms with Gasteiger partial charge in [0.1, 0.15) is 17.3 Å². The van der Waals surface area contributed by atoms with Gasteiger partial charge in [-0.1, -0.05) is 19.7 Å².